The predicted molar refractivity (Wildman–Crippen MR) is 120 cm³/mol. The van der Waals surface area contributed by atoms with Crippen molar-refractivity contribution >= 4 is 56.2 Å². The van der Waals surface area contributed by atoms with Crippen LogP contribution in [0.4, 0.5) is 0 Å². The van der Waals surface area contributed by atoms with Gasteiger partial charge in [0, 0.05) is 17.8 Å². The van der Waals surface area contributed by atoms with Crippen molar-refractivity contribution in [3.8, 4) is 0 Å². The Bertz CT molecular complexity index is 1490. The van der Waals surface area contributed by atoms with E-state index >= 15 is 0 Å². The first-order valence-corrected chi connectivity index (χ1v) is 10.0. The van der Waals surface area contributed by atoms with E-state index in [4.69, 9.17) is 21.6 Å². The lowest BCUT2D eigenvalue weighted by Gasteiger charge is -2.18. The zero-order valence-corrected chi connectivity index (χ0v) is 17.6. The van der Waals surface area contributed by atoms with Gasteiger partial charge < -0.3 is 8.98 Å². The Morgan fingerprint density at radius 3 is 2.61 bits per heavy atom. The number of fused-ring (bicyclic) bond motifs is 3. The number of aryl methyl sites for hydroxylation is 3. The zero-order chi connectivity index (χ0) is 19.7. The Labute approximate surface area is 168 Å². The SMILES string of the molecule is Cc1cc2cc(C(C)C)cc3oc4nc5c(=S)cccc5n(C)c4c(c1C)c23. The summed E-state index contributed by atoms with van der Waals surface area (Å²) in [7, 11) is 2.07. The first-order valence-electron chi connectivity index (χ1n) is 9.62. The summed E-state index contributed by atoms with van der Waals surface area (Å²) in [6, 6.07) is 12.7. The number of rotatable bonds is 1. The molecule has 5 rings (SSSR count). The van der Waals surface area contributed by atoms with Crippen LogP contribution in [-0.4, -0.2) is 9.55 Å². The van der Waals surface area contributed by atoms with E-state index in [1.807, 2.05) is 12.1 Å². The van der Waals surface area contributed by atoms with Crippen LogP contribution in [0, 0.1) is 18.4 Å². The van der Waals surface area contributed by atoms with E-state index in [-0.39, 0.29) is 0 Å². The molecule has 0 unspecified atom stereocenters. The van der Waals surface area contributed by atoms with E-state index in [9.17, 15) is 0 Å². The van der Waals surface area contributed by atoms with Gasteiger partial charge in [-0.15, -0.1) is 0 Å². The van der Waals surface area contributed by atoms with Gasteiger partial charge in [-0.2, -0.15) is 0 Å². The van der Waals surface area contributed by atoms with Crippen molar-refractivity contribution in [3.05, 3.63) is 57.6 Å². The quantitative estimate of drug-likeness (QED) is 0.175. The number of benzene rings is 3. The Morgan fingerprint density at radius 1 is 1.07 bits per heavy atom. The molecule has 0 amide bonds. The van der Waals surface area contributed by atoms with Gasteiger partial charge >= 0.3 is 0 Å². The third-order valence-corrected chi connectivity index (χ3v) is 6.27. The molecule has 3 aromatic carbocycles. The van der Waals surface area contributed by atoms with E-state index in [0.717, 1.165) is 26.6 Å². The molecular weight excluding hydrogens is 364 g/mol. The van der Waals surface area contributed by atoms with Crippen LogP contribution < -0.4 is 0 Å². The second kappa shape index (κ2) is 5.89. The maximum absolute atomic E-state index is 6.40. The van der Waals surface area contributed by atoms with Crippen molar-refractivity contribution in [2.75, 3.05) is 0 Å². The molecule has 0 saturated heterocycles. The van der Waals surface area contributed by atoms with Crippen molar-refractivity contribution in [2.24, 2.45) is 7.05 Å². The number of para-hydroxylation sites is 1. The Hall–Kier alpha value is -2.72. The third-order valence-electron chi connectivity index (χ3n) is 5.94. The van der Waals surface area contributed by atoms with Crippen molar-refractivity contribution in [2.45, 2.75) is 33.6 Å². The first kappa shape index (κ1) is 17.4. The lowest BCUT2D eigenvalue weighted by Crippen LogP contribution is -2.02. The average Bonchev–Trinajstić information content (AvgIpc) is 2.65. The third kappa shape index (κ3) is 2.27. The maximum Gasteiger partial charge on any atom is 0.244 e. The second-order valence-corrected chi connectivity index (χ2v) is 8.46. The van der Waals surface area contributed by atoms with Crippen LogP contribution >= 0.6 is 12.2 Å². The monoisotopic (exact) mass is 386 g/mol. The van der Waals surface area contributed by atoms with Gasteiger partial charge in [0.1, 0.15) is 16.6 Å². The van der Waals surface area contributed by atoms with Gasteiger partial charge in [0.15, 0.2) is 0 Å². The molecule has 5 aromatic rings. The van der Waals surface area contributed by atoms with Gasteiger partial charge in [0.2, 0.25) is 5.71 Å². The molecule has 2 heterocycles. The van der Waals surface area contributed by atoms with Crippen molar-refractivity contribution in [1.29, 1.82) is 0 Å². The summed E-state index contributed by atoms with van der Waals surface area (Å²) in [6.07, 6.45) is 0. The molecule has 0 aliphatic rings. The van der Waals surface area contributed by atoms with Crippen LogP contribution in [0.5, 0.6) is 0 Å². The molecule has 2 aromatic heterocycles. The highest BCUT2D eigenvalue weighted by Gasteiger charge is 2.18. The smallest absolute Gasteiger partial charge is 0.244 e. The minimum atomic E-state index is 0.427. The molecule has 0 radical (unpaired) electrons. The molecule has 4 heteroatoms. The van der Waals surface area contributed by atoms with Crippen LogP contribution in [0.15, 0.2) is 40.8 Å². The van der Waals surface area contributed by atoms with Gasteiger partial charge in [-0.25, -0.2) is 4.98 Å². The molecule has 0 fully saturated rings. The predicted octanol–water partition coefficient (Wildman–Crippen LogP) is 7.10. The zero-order valence-electron chi connectivity index (χ0n) is 16.8. The summed E-state index contributed by atoms with van der Waals surface area (Å²) >= 11 is 5.53. The van der Waals surface area contributed by atoms with E-state index in [1.54, 1.807) is 0 Å². The van der Waals surface area contributed by atoms with Gasteiger partial charge in [-0.3, -0.25) is 0 Å². The van der Waals surface area contributed by atoms with Crippen LogP contribution in [-0.2, 0) is 7.05 Å². The molecule has 0 aliphatic heterocycles. The number of aromatic nitrogens is 2. The maximum atomic E-state index is 6.40. The minimum Gasteiger partial charge on any atom is -0.436 e. The highest BCUT2D eigenvalue weighted by atomic mass is 32.1. The molecule has 0 spiro atoms. The molecule has 0 aliphatic carbocycles. The Balaban J connectivity index is 2.14. The molecule has 0 saturated carbocycles. The Kier molecular flexibility index (Phi) is 3.65. The fraction of sp³-hybridized carbons (Fsp3) is 0.250. The topological polar surface area (TPSA) is 31.0 Å². The first-order chi connectivity index (χ1) is 13.4. The van der Waals surface area contributed by atoms with Crippen LogP contribution in [0.2, 0.25) is 0 Å². The second-order valence-electron chi connectivity index (χ2n) is 8.02. The van der Waals surface area contributed by atoms with Crippen molar-refractivity contribution in [1.82, 2.24) is 9.55 Å². The molecular formula is C24H22N2OS. The van der Waals surface area contributed by atoms with Gasteiger partial charge in [-0.1, -0.05) is 44.3 Å². The van der Waals surface area contributed by atoms with Crippen LogP contribution in [0.25, 0.3) is 44.0 Å². The molecule has 0 bridgehead atoms. The molecule has 0 atom stereocenters. The fourth-order valence-corrected chi connectivity index (χ4v) is 4.47. The van der Waals surface area contributed by atoms with Gasteiger partial charge in [0.05, 0.1) is 10.0 Å². The standard InChI is InChI=1S/C24H22N2OS/c1-12(2)15-10-16-9-13(3)14(4)20-21(16)18(11-15)27-24-23(20)26(5)17-7-6-8-19(28)22(17)25-24/h6-12H,1-5H3. The molecule has 140 valence electrons. The van der Waals surface area contributed by atoms with E-state index < -0.39 is 0 Å². The summed E-state index contributed by atoms with van der Waals surface area (Å²) in [5, 5.41) is 3.61. The summed E-state index contributed by atoms with van der Waals surface area (Å²) in [6.45, 7) is 8.79. The highest BCUT2D eigenvalue weighted by Crippen LogP contribution is 2.39. The van der Waals surface area contributed by atoms with Gasteiger partial charge in [0.25, 0.3) is 0 Å². The number of hydrogen-bond donors (Lipinski definition) is 0. The van der Waals surface area contributed by atoms with E-state index in [2.05, 4.69) is 63.6 Å². The lowest BCUT2D eigenvalue weighted by molar-refractivity contribution is 0.643. The molecule has 0 N–H and O–H groups in total. The summed E-state index contributed by atoms with van der Waals surface area (Å²) in [5.41, 5.74) is 8.19. The molecule has 28 heavy (non-hydrogen) atoms. The largest absolute Gasteiger partial charge is 0.436 e. The summed E-state index contributed by atoms with van der Waals surface area (Å²) < 4.78 is 9.32. The normalized spacial score (nSPS) is 12.2. The number of hydrogen-bond acceptors (Lipinski definition) is 3. The minimum absolute atomic E-state index is 0.427. The summed E-state index contributed by atoms with van der Waals surface area (Å²) in [5.74, 6) is 0.427. The fourth-order valence-electron chi connectivity index (χ4n) is 4.24. The van der Waals surface area contributed by atoms with E-state index in [0.29, 0.717) is 11.6 Å². The molecule has 3 nitrogen and oxygen atoms in total. The summed E-state index contributed by atoms with van der Waals surface area (Å²) in [4.78, 5) is 4.86. The van der Waals surface area contributed by atoms with Crippen LogP contribution in [0.3, 0.4) is 0 Å². The lowest BCUT2D eigenvalue weighted by atomic mass is 9.92. The highest BCUT2D eigenvalue weighted by molar-refractivity contribution is 7.71. The number of nitrogens with zero attached hydrogens (tertiary/aromatic N) is 2. The average molecular weight is 387 g/mol. The Morgan fingerprint density at radius 2 is 1.86 bits per heavy atom. The van der Waals surface area contributed by atoms with Crippen molar-refractivity contribution < 1.29 is 4.42 Å². The van der Waals surface area contributed by atoms with E-state index in [1.165, 1.54) is 32.8 Å². The van der Waals surface area contributed by atoms with Crippen molar-refractivity contribution in [3.63, 3.8) is 0 Å². The van der Waals surface area contributed by atoms with Crippen LogP contribution in [0.1, 0.15) is 36.5 Å². The van der Waals surface area contributed by atoms with Gasteiger partial charge in [-0.05, 0) is 60.0 Å².